The summed E-state index contributed by atoms with van der Waals surface area (Å²) in [7, 11) is 2.22. The molecule has 2 nitrogen and oxygen atoms in total. The fraction of sp³-hybridized carbons (Fsp3) is 1.00. The lowest BCUT2D eigenvalue weighted by Gasteiger charge is -2.19. The summed E-state index contributed by atoms with van der Waals surface area (Å²) in [5.41, 5.74) is 0. The molecule has 76 valence electrons. The molecule has 2 unspecified atom stereocenters. The van der Waals surface area contributed by atoms with Gasteiger partial charge in [-0.05, 0) is 39.3 Å². The molecule has 1 N–H and O–H groups in total. The zero-order valence-corrected chi connectivity index (χ0v) is 8.92. The van der Waals surface area contributed by atoms with Gasteiger partial charge in [0.2, 0.25) is 0 Å². The van der Waals surface area contributed by atoms with Crippen molar-refractivity contribution in [3.63, 3.8) is 0 Å². The van der Waals surface area contributed by atoms with E-state index in [1.807, 2.05) is 0 Å². The lowest BCUT2D eigenvalue weighted by molar-refractivity contribution is 0.375. The Morgan fingerprint density at radius 2 is 2.15 bits per heavy atom. The third-order valence-electron chi connectivity index (χ3n) is 3.30. The maximum atomic E-state index is 3.74. The predicted molar refractivity (Wildman–Crippen MR) is 55.8 cm³/mol. The summed E-state index contributed by atoms with van der Waals surface area (Å²) >= 11 is 0. The fourth-order valence-corrected chi connectivity index (χ4v) is 2.40. The largest absolute Gasteiger partial charge is 0.310 e. The van der Waals surface area contributed by atoms with E-state index in [2.05, 4.69) is 24.2 Å². The first-order chi connectivity index (χ1) is 6.24. The topological polar surface area (TPSA) is 15.3 Å². The molecule has 1 saturated heterocycles. The molecule has 13 heavy (non-hydrogen) atoms. The van der Waals surface area contributed by atoms with Crippen molar-refractivity contribution >= 4 is 0 Å². The predicted octanol–water partition coefficient (Wildman–Crippen LogP) is 1.47. The SMILES string of the molecule is CC(CC1CC1)NC1CCN(C)C1. The van der Waals surface area contributed by atoms with Gasteiger partial charge in [0.25, 0.3) is 0 Å². The van der Waals surface area contributed by atoms with Gasteiger partial charge in [0, 0.05) is 18.6 Å². The number of hydrogen-bond acceptors (Lipinski definition) is 2. The summed E-state index contributed by atoms with van der Waals surface area (Å²) in [5, 5.41) is 3.74. The smallest absolute Gasteiger partial charge is 0.0209 e. The average molecular weight is 182 g/mol. The summed E-state index contributed by atoms with van der Waals surface area (Å²) in [6, 6.07) is 1.50. The van der Waals surface area contributed by atoms with E-state index < -0.39 is 0 Å². The highest BCUT2D eigenvalue weighted by Gasteiger charge is 2.26. The Morgan fingerprint density at radius 3 is 2.69 bits per heavy atom. The van der Waals surface area contributed by atoms with E-state index in [-0.39, 0.29) is 0 Å². The van der Waals surface area contributed by atoms with Crippen LogP contribution in [0.1, 0.15) is 32.6 Å². The first kappa shape index (κ1) is 9.47. The minimum atomic E-state index is 0.740. The Hall–Kier alpha value is -0.0800. The van der Waals surface area contributed by atoms with E-state index >= 15 is 0 Å². The van der Waals surface area contributed by atoms with Crippen molar-refractivity contribution in [2.75, 3.05) is 20.1 Å². The maximum absolute atomic E-state index is 3.74. The molecule has 0 bridgehead atoms. The van der Waals surface area contributed by atoms with Crippen LogP contribution in [0.5, 0.6) is 0 Å². The summed E-state index contributed by atoms with van der Waals surface area (Å²) in [6.45, 7) is 4.86. The van der Waals surface area contributed by atoms with Crippen molar-refractivity contribution in [3.8, 4) is 0 Å². The Kier molecular flexibility index (Phi) is 2.89. The Balaban J connectivity index is 1.64. The molecule has 2 heteroatoms. The Morgan fingerprint density at radius 1 is 1.38 bits per heavy atom. The van der Waals surface area contributed by atoms with Crippen LogP contribution in [0.25, 0.3) is 0 Å². The first-order valence-electron chi connectivity index (χ1n) is 5.68. The maximum Gasteiger partial charge on any atom is 0.0209 e. The van der Waals surface area contributed by atoms with E-state index in [9.17, 15) is 0 Å². The second-order valence-electron chi connectivity index (χ2n) is 4.99. The van der Waals surface area contributed by atoms with Crippen molar-refractivity contribution in [1.29, 1.82) is 0 Å². The Bertz CT molecular complexity index is 165. The molecule has 1 aliphatic carbocycles. The molecule has 2 fully saturated rings. The third kappa shape index (κ3) is 2.96. The molecule has 1 aliphatic heterocycles. The molecule has 0 amide bonds. The lowest BCUT2D eigenvalue weighted by Crippen LogP contribution is -2.38. The molecule has 1 heterocycles. The summed E-state index contributed by atoms with van der Waals surface area (Å²) in [6.07, 6.45) is 5.71. The highest BCUT2D eigenvalue weighted by Crippen LogP contribution is 2.33. The van der Waals surface area contributed by atoms with Crippen LogP contribution < -0.4 is 5.32 Å². The van der Waals surface area contributed by atoms with Gasteiger partial charge in [-0.25, -0.2) is 0 Å². The first-order valence-corrected chi connectivity index (χ1v) is 5.68. The van der Waals surface area contributed by atoms with Gasteiger partial charge in [-0.3, -0.25) is 0 Å². The van der Waals surface area contributed by atoms with Gasteiger partial charge in [-0.2, -0.15) is 0 Å². The molecule has 0 spiro atoms. The lowest BCUT2D eigenvalue weighted by atomic mass is 10.1. The van der Waals surface area contributed by atoms with Crippen LogP contribution in [0.2, 0.25) is 0 Å². The highest BCUT2D eigenvalue weighted by atomic mass is 15.2. The number of nitrogens with zero attached hydrogens (tertiary/aromatic N) is 1. The number of likely N-dealkylation sites (N-methyl/N-ethyl adjacent to an activating group) is 1. The van der Waals surface area contributed by atoms with Gasteiger partial charge in [0.1, 0.15) is 0 Å². The molecular formula is C11H22N2. The van der Waals surface area contributed by atoms with Crippen LogP contribution >= 0.6 is 0 Å². The number of nitrogens with one attached hydrogen (secondary N) is 1. The van der Waals surface area contributed by atoms with E-state index in [1.54, 1.807) is 0 Å². The van der Waals surface area contributed by atoms with Crippen molar-refractivity contribution in [3.05, 3.63) is 0 Å². The standard InChI is InChI=1S/C11H22N2/c1-9(7-10-3-4-10)12-11-5-6-13(2)8-11/h9-12H,3-8H2,1-2H3. The minimum Gasteiger partial charge on any atom is -0.310 e. The van der Waals surface area contributed by atoms with Gasteiger partial charge in [0.05, 0.1) is 0 Å². The molecule has 2 rings (SSSR count). The molecule has 0 aromatic rings. The fourth-order valence-electron chi connectivity index (χ4n) is 2.40. The molecule has 0 aromatic carbocycles. The molecular weight excluding hydrogens is 160 g/mol. The van der Waals surface area contributed by atoms with Crippen molar-refractivity contribution in [2.45, 2.75) is 44.7 Å². The van der Waals surface area contributed by atoms with Crippen LogP contribution in [-0.4, -0.2) is 37.1 Å². The molecule has 0 radical (unpaired) electrons. The highest BCUT2D eigenvalue weighted by molar-refractivity contribution is 4.84. The van der Waals surface area contributed by atoms with Crippen molar-refractivity contribution in [1.82, 2.24) is 10.2 Å². The van der Waals surface area contributed by atoms with Gasteiger partial charge in [-0.15, -0.1) is 0 Å². The van der Waals surface area contributed by atoms with Crippen LogP contribution in [0.4, 0.5) is 0 Å². The van der Waals surface area contributed by atoms with Crippen molar-refractivity contribution < 1.29 is 0 Å². The van der Waals surface area contributed by atoms with E-state index in [1.165, 1.54) is 38.8 Å². The summed E-state index contributed by atoms with van der Waals surface area (Å²) in [4.78, 5) is 2.42. The van der Waals surface area contributed by atoms with Crippen molar-refractivity contribution in [2.24, 2.45) is 5.92 Å². The molecule has 1 saturated carbocycles. The van der Waals surface area contributed by atoms with Gasteiger partial charge >= 0.3 is 0 Å². The van der Waals surface area contributed by atoms with Gasteiger partial charge < -0.3 is 10.2 Å². The normalized spacial score (nSPS) is 32.3. The Labute approximate surface area is 81.7 Å². The molecule has 2 atom stereocenters. The van der Waals surface area contributed by atoms with E-state index in [0.717, 1.165) is 18.0 Å². The zero-order valence-electron chi connectivity index (χ0n) is 8.92. The second kappa shape index (κ2) is 3.97. The van der Waals surface area contributed by atoms with Crippen LogP contribution in [0, 0.1) is 5.92 Å². The third-order valence-corrected chi connectivity index (χ3v) is 3.30. The summed E-state index contributed by atoms with van der Waals surface area (Å²) < 4.78 is 0. The minimum absolute atomic E-state index is 0.740. The van der Waals surface area contributed by atoms with E-state index in [4.69, 9.17) is 0 Å². The zero-order chi connectivity index (χ0) is 9.26. The average Bonchev–Trinajstić information content (AvgIpc) is 2.76. The van der Waals surface area contributed by atoms with Crippen LogP contribution in [0.3, 0.4) is 0 Å². The summed E-state index contributed by atoms with van der Waals surface area (Å²) in [5.74, 6) is 1.06. The molecule has 2 aliphatic rings. The van der Waals surface area contributed by atoms with Crippen LogP contribution in [-0.2, 0) is 0 Å². The number of likely N-dealkylation sites (tertiary alicyclic amines) is 1. The number of hydrogen-bond donors (Lipinski definition) is 1. The van der Waals surface area contributed by atoms with Gasteiger partial charge in [-0.1, -0.05) is 12.8 Å². The quantitative estimate of drug-likeness (QED) is 0.708. The van der Waals surface area contributed by atoms with Crippen LogP contribution in [0.15, 0.2) is 0 Å². The van der Waals surface area contributed by atoms with Gasteiger partial charge in [0.15, 0.2) is 0 Å². The second-order valence-corrected chi connectivity index (χ2v) is 4.99. The van der Waals surface area contributed by atoms with E-state index in [0.29, 0.717) is 0 Å². The number of rotatable bonds is 4. The molecule has 0 aromatic heterocycles. The monoisotopic (exact) mass is 182 g/mol.